The topological polar surface area (TPSA) is 12.0 Å². The molecule has 64 valence electrons. The first kappa shape index (κ1) is 7.93. The van der Waals surface area contributed by atoms with Crippen molar-refractivity contribution in [3.8, 4) is 0 Å². The molecular formula is C9H17NS. The van der Waals surface area contributed by atoms with E-state index in [-0.39, 0.29) is 0 Å². The first-order valence-corrected chi connectivity index (χ1v) is 5.22. The zero-order valence-corrected chi connectivity index (χ0v) is 7.87. The smallest absolute Gasteiger partial charge is 0.0283 e. The zero-order chi connectivity index (χ0) is 7.73. The van der Waals surface area contributed by atoms with E-state index in [4.69, 9.17) is 12.6 Å². The standard InChI is InChI=1S/C9H17NS/c11-9(5-1-2-6-9)8-4-3-7-10-8/h8,10-11H,1-7H2/t8-/m0/s1. The summed E-state index contributed by atoms with van der Waals surface area (Å²) in [7, 11) is 0. The van der Waals surface area contributed by atoms with Crippen LogP contribution in [-0.4, -0.2) is 17.3 Å². The summed E-state index contributed by atoms with van der Waals surface area (Å²) in [4.78, 5) is 0. The molecule has 0 bridgehead atoms. The normalized spacial score (nSPS) is 36.3. The quantitative estimate of drug-likeness (QED) is 0.575. The van der Waals surface area contributed by atoms with Crippen LogP contribution in [0.5, 0.6) is 0 Å². The molecule has 1 aliphatic carbocycles. The summed E-state index contributed by atoms with van der Waals surface area (Å²) in [5.41, 5.74) is 0. The average Bonchev–Trinajstić information content (AvgIpc) is 2.55. The molecule has 0 aromatic rings. The predicted molar refractivity (Wildman–Crippen MR) is 51.2 cm³/mol. The van der Waals surface area contributed by atoms with Gasteiger partial charge >= 0.3 is 0 Å². The molecule has 1 N–H and O–H groups in total. The second-order valence-corrected chi connectivity index (χ2v) is 4.85. The van der Waals surface area contributed by atoms with Gasteiger partial charge in [0.05, 0.1) is 0 Å². The van der Waals surface area contributed by atoms with Crippen LogP contribution in [0.3, 0.4) is 0 Å². The van der Waals surface area contributed by atoms with Gasteiger partial charge in [0.1, 0.15) is 0 Å². The highest BCUT2D eigenvalue weighted by atomic mass is 32.1. The van der Waals surface area contributed by atoms with Crippen LogP contribution in [0.4, 0.5) is 0 Å². The minimum Gasteiger partial charge on any atom is -0.313 e. The highest BCUT2D eigenvalue weighted by Gasteiger charge is 2.38. The molecule has 0 aromatic carbocycles. The minimum absolute atomic E-state index is 0.358. The van der Waals surface area contributed by atoms with Crippen molar-refractivity contribution in [2.75, 3.05) is 6.54 Å². The minimum atomic E-state index is 0.358. The summed E-state index contributed by atoms with van der Waals surface area (Å²) in [6.45, 7) is 1.22. The molecule has 1 saturated carbocycles. The van der Waals surface area contributed by atoms with Gasteiger partial charge in [-0.05, 0) is 32.2 Å². The molecular weight excluding hydrogens is 154 g/mol. The van der Waals surface area contributed by atoms with E-state index < -0.39 is 0 Å². The summed E-state index contributed by atoms with van der Waals surface area (Å²) in [5.74, 6) is 0. The maximum Gasteiger partial charge on any atom is 0.0283 e. The van der Waals surface area contributed by atoms with Crippen LogP contribution in [-0.2, 0) is 0 Å². The van der Waals surface area contributed by atoms with Crippen molar-refractivity contribution in [2.45, 2.75) is 49.3 Å². The molecule has 0 amide bonds. The third kappa shape index (κ3) is 1.43. The van der Waals surface area contributed by atoms with Crippen LogP contribution in [0.15, 0.2) is 0 Å². The first-order chi connectivity index (χ1) is 5.31. The average molecular weight is 171 g/mol. The number of nitrogens with one attached hydrogen (secondary N) is 1. The summed E-state index contributed by atoms with van der Waals surface area (Å²) in [6.07, 6.45) is 8.14. The lowest BCUT2D eigenvalue weighted by molar-refractivity contribution is 0.445. The molecule has 2 heteroatoms. The molecule has 11 heavy (non-hydrogen) atoms. The van der Waals surface area contributed by atoms with Crippen LogP contribution in [0.25, 0.3) is 0 Å². The van der Waals surface area contributed by atoms with E-state index in [1.807, 2.05) is 0 Å². The van der Waals surface area contributed by atoms with Gasteiger partial charge in [-0.3, -0.25) is 0 Å². The fourth-order valence-electron chi connectivity index (χ4n) is 2.48. The van der Waals surface area contributed by atoms with Gasteiger partial charge in [0.15, 0.2) is 0 Å². The summed E-state index contributed by atoms with van der Waals surface area (Å²) >= 11 is 4.81. The van der Waals surface area contributed by atoms with Crippen LogP contribution < -0.4 is 5.32 Å². The molecule has 1 atom stereocenters. The molecule has 1 heterocycles. The van der Waals surface area contributed by atoms with E-state index in [0.29, 0.717) is 10.8 Å². The number of hydrogen-bond acceptors (Lipinski definition) is 2. The van der Waals surface area contributed by atoms with Crippen molar-refractivity contribution in [1.82, 2.24) is 5.32 Å². The number of hydrogen-bond donors (Lipinski definition) is 2. The fraction of sp³-hybridized carbons (Fsp3) is 1.00. The third-order valence-corrected chi connectivity index (χ3v) is 3.94. The predicted octanol–water partition coefficient (Wildman–Crippen LogP) is 1.98. The Morgan fingerprint density at radius 1 is 1.18 bits per heavy atom. The van der Waals surface area contributed by atoms with E-state index in [0.717, 1.165) is 0 Å². The van der Waals surface area contributed by atoms with Gasteiger partial charge in [-0.1, -0.05) is 12.8 Å². The van der Waals surface area contributed by atoms with Crippen molar-refractivity contribution in [3.63, 3.8) is 0 Å². The number of rotatable bonds is 1. The Hall–Kier alpha value is 0.310. The highest BCUT2D eigenvalue weighted by Crippen LogP contribution is 2.40. The third-order valence-electron chi connectivity index (χ3n) is 3.18. The maximum absolute atomic E-state index is 4.81. The lowest BCUT2D eigenvalue weighted by Gasteiger charge is -2.29. The highest BCUT2D eigenvalue weighted by molar-refractivity contribution is 7.81. The van der Waals surface area contributed by atoms with Gasteiger partial charge < -0.3 is 5.32 Å². The van der Waals surface area contributed by atoms with Gasteiger partial charge in [-0.25, -0.2) is 0 Å². The second kappa shape index (κ2) is 2.98. The van der Waals surface area contributed by atoms with Crippen molar-refractivity contribution < 1.29 is 0 Å². The van der Waals surface area contributed by atoms with Crippen LogP contribution in [0.1, 0.15) is 38.5 Å². The Kier molecular flexibility index (Phi) is 2.15. The Balaban J connectivity index is 2.00. The zero-order valence-electron chi connectivity index (χ0n) is 6.97. The molecule has 2 aliphatic rings. The molecule has 0 spiro atoms. The van der Waals surface area contributed by atoms with Gasteiger partial charge in [-0.2, -0.15) is 12.6 Å². The SMILES string of the molecule is SC1([C@@H]2CCCN2)CCCC1. The summed E-state index contributed by atoms with van der Waals surface area (Å²) in [5, 5.41) is 3.56. The second-order valence-electron chi connectivity index (χ2n) is 3.96. The Bertz CT molecular complexity index is 134. The van der Waals surface area contributed by atoms with E-state index in [1.54, 1.807) is 0 Å². The lowest BCUT2D eigenvalue weighted by Crippen LogP contribution is -2.41. The molecule has 2 fully saturated rings. The van der Waals surface area contributed by atoms with E-state index in [9.17, 15) is 0 Å². The van der Waals surface area contributed by atoms with Crippen LogP contribution in [0.2, 0.25) is 0 Å². The van der Waals surface area contributed by atoms with Crippen molar-refractivity contribution in [3.05, 3.63) is 0 Å². The van der Waals surface area contributed by atoms with Crippen LogP contribution >= 0.6 is 12.6 Å². The molecule has 1 nitrogen and oxygen atoms in total. The van der Waals surface area contributed by atoms with Gasteiger partial charge in [0, 0.05) is 10.8 Å². The van der Waals surface area contributed by atoms with Crippen molar-refractivity contribution in [1.29, 1.82) is 0 Å². The van der Waals surface area contributed by atoms with Crippen molar-refractivity contribution >= 4 is 12.6 Å². The van der Waals surface area contributed by atoms with E-state index in [2.05, 4.69) is 5.32 Å². The van der Waals surface area contributed by atoms with E-state index >= 15 is 0 Å². The summed E-state index contributed by atoms with van der Waals surface area (Å²) < 4.78 is 0.358. The fourth-order valence-corrected chi connectivity index (χ4v) is 3.02. The van der Waals surface area contributed by atoms with Gasteiger partial charge in [0.25, 0.3) is 0 Å². The molecule has 2 rings (SSSR count). The first-order valence-electron chi connectivity index (χ1n) is 4.77. The van der Waals surface area contributed by atoms with Gasteiger partial charge in [0.2, 0.25) is 0 Å². The molecule has 1 aliphatic heterocycles. The van der Waals surface area contributed by atoms with Gasteiger partial charge in [-0.15, -0.1) is 0 Å². The Labute approximate surface area is 74.4 Å². The molecule has 1 saturated heterocycles. The summed E-state index contributed by atoms with van der Waals surface area (Å²) in [6, 6.07) is 0.716. The number of thiol groups is 1. The molecule has 0 aromatic heterocycles. The lowest BCUT2D eigenvalue weighted by atomic mass is 9.96. The largest absolute Gasteiger partial charge is 0.313 e. The maximum atomic E-state index is 4.81. The molecule has 0 unspecified atom stereocenters. The van der Waals surface area contributed by atoms with E-state index in [1.165, 1.54) is 45.1 Å². The monoisotopic (exact) mass is 171 g/mol. The Morgan fingerprint density at radius 3 is 2.45 bits per heavy atom. The van der Waals surface area contributed by atoms with Crippen molar-refractivity contribution in [2.24, 2.45) is 0 Å². The molecule has 0 radical (unpaired) electrons. The van der Waals surface area contributed by atoms with Crippen LogP contribution in [0, 0.1) is 0 Å². The Morgan fingerprint density at radius 2 is 1.91 bits per heavy atom.